The first-order valence-electron chi connectivity index (χ1n) is 6.01. The molecule has 0 bridgehead atoms. The summed E-state index contributed by atoms with van der Waals surface area (Å²) in [6, 6.07) is 8.75. The number of nitrogens with zero attached hydrogens (tertiary/aromatic N) is 1. The van der Waals surface area contributed by atoms with Crippen molar-refractivity contribution in [1.82, 2.24) is 4.98 Å². The molecule has 0 aliphatic carbocycles. The average molecular weight is 254 g/mol. The van der Waals surface area contributed by atoms with E-state index in [1.165, 1.54) is 6.07 Å². The zero-order valence-corrected chi connectivity index (χ0v) is 10.8. The number of hydrogen-bond donors (Lipinski definition) is 2. The normalized spacial score (nSPS) is 11.1. The first kappa shape index (κ1) is 11.6. The van der Waals surface area contributed by atoms with Gasteiger partial charge in [0.05, 0.1) is 5.56 Å². The summed E-state index contributed by atoms with van der Waals surface area (Å²) in [5.74, 6) is 0.485. The minimum Gasteiger partial charge on any atom is -0.507 e. The molecule has 0 aliphatic rings. The molecular formula is C15H14N2O2. The molecule has 0 saturated heterocycles. The summed E-state index contributed by atoms with van der Waals surface area (Å²) < 4.78 is 5.70. The molecule has 96 valence electrons. The van der Waals surface area contributed by atoms with Gasteiger partial charge in [0.15, 0.2) is 5.58 Å². The van der Waals surface area contributed by atoms with Crippen LogP contribution in [0.1, 0.15) is 11.1 Å². The molecule has 1 aromatic heterocycles. The molecule has 3 N–H and O–H groups in total. The van der Waals surface area contributed by atoms with Gasteiger partial charge in [0.25, 0.3) is 0 Å². The third-order valence-electron chi connectivity index (χ3n) is 3.25. The van der Waals surface area contributed by atoms with E-state index in [1.54, 1.807) is 12.1 Å². The molecular weight excluding hydrogens is 240 g/mol. The highest BCUT2D eigenvalue weighted by Crippen LogP contribution is 2.33. The van der Waals surface area contributed by atoms with E-state index in [0.717, 1.165) is 16.6 Å². The van der Waals surface area contributed by atoms with Crippen LogP contribution in [0, 0.1) is 13.8 Å². The second kappa shape index (κ2) is 4.02. The number of rotatable bonds is 1. The molecule has 0 spiro atoms. The molecule has 0 saturated carbocycles. The van der Waals surface area contributed by atoms with Gasteiger partial charge >= 0.3 is 0 Å². The summed E-state index contributed by atoms with van der Waals surface area (Å²) in [4.78, 5) is 4.40. The van der Waals surface area contributed by atoms with Gasteiger partial charge in [-0.15, -0.1) is 0 Å². The molecule has 0 amide bonds. The van der Waals surface area contributed by atoms with Crippen LogP contribution in [0.4, 0.5) is 5.69 Å². The third-order valence-corrected chi connectivity index (χ3v) is 3.25. The maximum Gasteiger partial charge on any atom is 0.231 e. The minimum atomic E-state index is 0.106. The predicted octanol–water partition coefficient (Wildman–Crippen LogP) is 3.40. The van der Waals surface area contributed by atoms with Gasteiger partial charge in [-0.05, 0) is 55.3 Å². The molecule has 0 radical (unpaired) electrons. The topological polar surface area (TPSA) is 72.3 Å². The average Bonchev–Trinajstić information content (AvgIpc) is 2.75. The molecule has 0 aliphatic heterocycles. The number of aryl methyl sites for hydroxylation is 2. The second-order valence-corrected chi connectivity index (χ2v) is 4.70. The number of nitrogens with two attached hydrogens (primary N) is 1. The Morgan fingerprint density at radius 1 is 1.11 bits per heavy atom. The number of phenols is 1. The number of nitrogen functional groups attached to an aromatic ring is 1. The number of oxazole rings is 1. The van der Waals surface area contributed by atoms with E-state index in [-0.39, 0.29) is 5.75 Å². The van der Waals surface area contributed by atoms with Crippen LogP contribution in [-0.2, 0) is 0 Å². The van der Waals surface area contributed by atoms with Crippen LogP contribution in [0.2, 0.25) is 0 Å². The number of aromatic nitrogens is 1. The molecule has 3 aromatic rings. The Hall–Kier alpha value is -2.49. The lowest BCUT2D eigenvalue weighted by molar-refractivity contribution is 0.474. The fourth-order valence-corrected chi connectivity index (χ4v) is 2.02. The SMILES string of the molecule is Cc1cc2nc(-c3cc(N)ccc3O)oc2cc1C. The Morgan fingerprint density at radius 3 is 2.63 bits per heavy atom. The van der Waals surface area contributed by atoms with Gasteiger partial charge < -0.3 is 15.3 Å². The van der Waals surface area contributed by atoms with Gasteiger partial charge in [0, 0.05) is 5.69 Å². The standard InChI is InChI=1S/C15H14N2O2/c1-8-5-12-14(6-9(8)2)19-15(17-12)11-7-10(16)3-4-13(11)18/h3-7,18H,16H2,1-2H3. The lowest BCUT2D eigenvalue weighted by atomic mass is 10.1. The second-order valence-electron chi connectivity index (χ2n) is 4.70. The van der Waals surface area contributed by atoms with Gasteiger partial charge in [0.1, 0.15) is 11.3 Å². The van der Waals surface area contributed by atoms with Crippen molar-refractivity contribution in [2.75, 3.05) is 5.73 Å². The zero-order chi connectivity index (χ0) is 13.6. The molecule has 19 heavy (non-hydrogen) atoms. The fraction of sp³-hybridized carbons (Fsp3) is 0.133. The minimum absolute atomic E-state index is 0.106. The lowest BCUT2D eigenvalue weighted by Gasteiger charge is -2.00. The first-order valence-corrected chi connectivity index (χ1v) is 6.01. The Balaban J connectivity index is 2.23. The van der Waals surface area contributed by atoms with E-state index < -0.39 is 0 Å². The van der Waals surface area contributed by atoms with Crippen molar-refractivity contribution in [2.24, 2.45) is 0 Å². The smallest absolute Gasteiger partial charge is 0.231 e. The van der Waals surface area contributed by atoms with E-state index >= 15 is 0 Å². The van der Waals surface area contributed by atoms with Gasteiger partial charge in [-0.25, -0.2) is 4.98 Å². The van der Waals surface area contributed by atoms with E-state index in [9.17, 15) is 5.11 Å². The van der Waals surface area contributed by atoms with Gasteiger partial charge in [-0.2, -0.15) is 0 Å². The van der Waals surface area contributed by atoms with E-state index in [0.29, 0.717) is 22.7 Å². The highest BCUT2D eigenvalue weighted by Gasteiger charge is 2.13. The van der Waals surface area contributed by atoms with E-state index in [1.807, 2.05) is 26.0 Å². The van der Waals surface area contributed by atoms with Crippen molar-refractivity contribution in [2.45, 2.75) is 13.8 Å². The van der Waals surface area contributed by atoms with Crippen LogP contribution in [0.25, 0.3) is 22.6 Å². The first-order chi connectivity index (χ1) is 9.04. The number of hydrogen-bond acceptors (Lipinski definition) is 4. The van der Waals surface area contributed by atoms with Crippen LogP contribution in [0.3, 0.4) is 0 Å². The summed E-state index contributed by atoms with van der Waals surface area (Å²) in [6.45, 7) is 4.05. The van der Waals surface area contributed by atoms with Crippen molar-refractivity contribution in [3.63, 3.8) is 0 Å². The van der Waals surface area contributed by atoms with Crippen LogP contribution in [-0.4, -0.2) is 10.1 Å². The summed E-state index contributed by atoms with van der Waals surface area (Å²) in [6.07, 6.45) is 0. The summed E-state index contributed by atoms with van der Waals surface area (Å²) in [5.41, 5.74) is 10.6. The Bertz CT molecular complexity index is 736. The maximum atomic E-state index is 9.87. The molecule has 4 heteroatoms. The summed E-state index contributed by atoms with van der Waals surface area (Å²) in [5, 5.41) is 9.87. The number of anilines is 1. The predicted molar refractivity (Wildman–Crippen MR) is 75.0 cm³/mol. The van der Waals surface area contributed by atoms with Crippen molar-refractivity contribution in [3.05, 3.63) is 41.5 Å². The molecule has 1 heterocycles. The Morgan fingerprint density at radius 2 is 1.84 bits per heavy atom. The monoisotopic (exact) mass is 254 g/mol. The van der Waals surface area contributed by atoms with Crippen LogP contribution >= 0.6 is 0 Å². The molecule has 3 rings (SSSR count). The lowest BCUT2D eigenvalue weighted by Crippen LogP contribution is -1.86. The van der Waals surface area contributed by atoms with Crippen molar-refractivity contribution >= 4 is 16.8 Å². The number of benzene rings is 2. The maximum absolute atomic E-state index is 9.87. The molecule has 4 nitrogen and oxygen atoms in total. The van der Waals surface area contributed by atoms with E-state index in [2.05, 4.69) is 4.98 Å². The third kappa shape index (κ3) is 1.91. The quantitative estimate of drug-likeness (QED) is 0.515. The van der Waals surface area contributed by atoms with Crippen LogP contribution in [0.15, 0.2) is 34.7 Å². The van der Waals surface area contributed by atoms with E-state index in [4.69, 9.17) is 10.2 Å². The van der Waals surface area contributed by atoms with Gasteiger partial charge in [-0.3, -0.25) is 0 Å². The Kier molecular flexibility index (Phi) is 2.45. The fourth-order valence-electron chi connectivity index (χ4n) is 2.02. The van der Waals surface area contributed by atoms with Crippen molar-refractivity contribution in [3.8, 4) is 17.2 Å². The molecule has 0 fully saturated rings. The molecule has 2 aromatic carbocycles. The molecule has 0 atom stereocenters. The van der Waals surface area contributed by atoms with Gasteiger partial charge in [-0.1, -0.05) is 0 Å². The van der Waals surface area contributed by atoms with Crippen molar-refractivity contribution in [1.29, 1.82) is 0 Å². The summed E-state index contributed by atoms with van der Waals surface area (Å²) in [7, 11) is 0. The number of aromatic hydroxyl groups is 1. The van der Waals surface area contributed by atoms with Gasteiger partial charge in [0.2, 0.25) is 5.89 Å². The Labute approximate surface area is 110 Å². The molecule has 0 unspecified atom stereocenters. The summed E-state index contributed by atoms with van der Waals surface area (Å²) >= 11 is 0. The number of phenolic OH excluding ortho intramolecular Hbond substituents is 1. The number of fused-ring (bicyclic) bond motifs is 1. The van der Waals surface area contributed by atoms with Crippen LogP contribution in [0.5, 0.6) is 5.75 Å². The van der Waals surface area contributed by atoms with Crippen LogP contribution < -0.4 is 5.73 Å². The largest absolute Gasteiger partial charge is 0.507 e. The highest BCUT2D eigenvalue weighted by atomic mass is 16.3. The zero-order valence-electron chi connectivity index (χ0n) is 10.8. The van der Waals surface area contributed by atoms with Crippen molar-refractivity contribution < 1.29 is 9.52 Å². The highest BCUT2D eigenvalue weighted by molar-refractivity contribution is 5.79.